The molecule has 23 heavy (non-hydrogen) atoms. The summed E-state index contributed by atoms with van der Waals surface area (Å²) in [5.74, 6) is -0.0365. The number of hydrogen-bond donors (Lipinski definition) is 2. The van der Waals surface area contributed by atoms with Gasteiger partial charge in [0.2, 0.25) is 15.9 Å². The van der Waals surface area contributed by atoms with Crippen molar-refractivity contribution >= 4 is 38.6 Å². The Hall–Kier alpha value is -1.86. The van der Waals surface area contributed by atoms with Crippen molar-refractivity contribution in [1.82, 2.24) is 0 Å². The summed E-state index contributed by atoms with van der Waals surface area (Å²) in [6.45, 7) is 3.38. The summed E-state index contributed by atoms with van der Waals surface area (Å²) in [7, 11) is -3.30. The molecule has 0 aliphatic rings. The molecule has 0 aliphatic heterocycles. The fourth-order valence-electron chi connectivity index (χ4n) is 2.01. The lowest BCUT2D eigenvalue weighted by molar-refractivity contribution is -0.116. The highest BCUT2D eigenvalue weighted by Crippen LogP contribution is 2.21. The highest BCUT2D eigenvalue weighted by atomic mass is 32.2. The predicted molar refractivity (Wildman–Crippen MR) is 95.5 cm³/mol. The third kappa shape index (κ3) is 5.37. The van der Waals surface area contributed by atoms with Crippen LogP contribution in [0.5, 0.6) is 0 Å². The third-order valence-corrected chi connectivity index (χ3v) is 5.40. The lowest BCUT2D eigenvalue weighted by Gasteiger charge is -2.11. The van der Waals surface area contributed by atoms with E-state index in [1.54, 1.807) is 43.4 Å². The van der Waals surface area contributed by atoms with Crippen molar-refractivity contribution < 1.29 is 13.2 Å². The number of nitrogens with one attached hydrogen (secondary N) is 2. The molecule has 5 nitrogen and oxygen atoms in total. The van der Waals surface area contributed by atoms with Gasteiger partial charge in [0.05, 0.1) is 11.4 Å². The number of anilines is 2. The van der Waals surface area contributed by atoms with Crippen molar-refractivity contribution in [1.29, 1.82) is 0 Å². The minimum Gasteiger partial charge on any atom is -0.326 e. The summed E-state index contributed by atoms with van der Waals surface area (Å²) >= 11 is 1.62. The molecule has 2 rings (SSSR count). The van der Waals surface area contributed by atoms with E-state index >= 15 is 0 Å². The van der Waals surface area contributed by atoms with E-state index in [-0.39, 0.29) is 11.7 Å². The molecule has 1 aromatic carbocycles. The molecule has 0 saturated heterocycles. The number of carbonyl (C=O) groups is 1. The summed E-state index contributed by atoms with van der Waals surface area (Å²) < 4.78 is 25.7. The molecule has 0 aliphatic carbocycles. The molecule has 2 aromatic rings. The van der Waals surface area contributed by atoms with Gasteiger partial charge in [-0.3, -0.25) is 9.52 Å². The molecule has 0 bridgehead atoms. The van der Waals surface area contributed by atoms with Crippen LogP contribution in [-0.4, -0.2) is 20.1 Å². The fraction of sp³-hybridized carbons (Fsp3) is 0.312. The third-order valence-electron chi connectivity index (χ3n) is 3.38. The molecule has 0 radical (unpaired) electrons. The first-order valence-corrected chi connectivity index (χ1v) is 9.91. The summed E-state index contributed by atoms with van der Waals surface area (Å²) in [6, 6.07) is 7.13. The molecule has 0 fully saturated rings. The van der Waals surface area contributed by atoms with Gasteiger partial charge in [0.25, 0.3) is 0 Å². The van der Waals surface area contributed by atoms with E-state index in [2.05, 4.69) is 10.0 Å². The average molecular weight is 352 g/mol. The number of rotatable bonds is 7. The van der Waals surface area contributed by atoms with Crippen molar-refractivity contribution in [3.8, 4) is 0 Å². The van der Waals surface area contributed by atoms with Gasteiger partial charge in [0.15, 0.2) is 0 Å². The van der Waals surface area contributed by atoms with Gasteiger partial charge in [-0.25, -0.2) is 8.42 Å². The van der Waals surface area contributed by atoms with Crippen LogP contribution in [0.3, 0.4) is 0 Å². The van der Waals surface area contributed by atoms with Crippen LogP contribution in [0.4, 0.5) is 11.4 Å². The lowest BCUT2D eigenvalue weighted by atomic mass is 10.1. The Kier molecular flexibility index (Phi) is 5.79. The van der Waals surface area contributed by atoms with Gasteiger partial charge in [0, 0.05) is 12.1 Å². The molecule has 1 aromatic heterocycles. The number of aryl methyl sites for hydroxylation is 2. The average Bonchev–Trinajstić information content (AvgIpc) is 3.01. The first-order chi connectivity index (χ1) is 10.9. The molecule has 1 heterocycles. The van der Waals surface area contributed by atoms with Crippen molar-refractivity contribution in [3.05, 3.63) is 46.2 Å². The van der Waals surface area contributed by atoms with Gasteiger partial charge in [0.1, 0.15) is 0 Å². The van der Waals surface area contributed by atoms with Crippen LogP contribution in [0.2, 0.25) is 0 Å². The second-order valence-corrected chi connectivity index (χ2v) is 8.01. The standard InChI is InChI=1S/C16H20N2O3S2/c1-3-23(20,21)18-15-6-5-14(10-12(15)2)17-16(19)7-4-13-8-9-22-11-13/h5-6,8-11,18H,3-4,7H2,1-2H3,(H,17,19). The zero-order valence-electron chi connectivity index (χ0n) is 13.1. The van der Waals surface area contributed by atoms with Crippen LogP contribution in [0.1, 0.15) is 24.5 Å². The second-order valence-electron chi connectivity index (χ2n) is 5.21. The van der Waals surface area contributed by atoms with E-state index in [4.69, 9.17) is 0 Å². The SMILES string of the molecule is CCS(=O)(=O)Nc1ccc(NC(=O)CCc2ccsc2)cc1C. The van der Waals surface area contributed by atoms with Gasteiger partial charge in [-0.1, -0.05) is 0 Å². The first-order valence-electron chi connectivity index (χ1n) is 7.31. The Balaban J connectivity index is 1.96. The van der Waals surface area contributed by atoms with Crippen LogP contribution >= 0.6 is 11.3 Å². The minimum absolute atomic E-state index is 0.0213. The van der Waals surface area contributed by atoms with Crippen LogP contribution in [-0.2, 0) is 21.2 Å². The van der Waals surface area contributed by atoms with Crippen molar-refractivity contribution in [2.75, 3.05) is 15.8 Å². The van der Waals surface area contributed by atoms with Crippen LogP contribution in [0, 0.1) is 6.92 Å². The molecule has 1 amide bonds. The van der Waals surface area contributed by atoms with Crippen molar-refractivity contribution in [2.45, 2.75) is 26.7 Å². The predicted octanol–water partition coefficient (Wildman–Crippen LogP) is 3.39. The number of sulfonamides is 1. The lowest BCUT2D eigenvalue weighted by Crippen LogP contribution is -2.16. The van der Waals surface area contributed by atoms with Crippen LogP contribution in [0.25, 0.3) is 0 Å². The van der Waals surface area contributed by atoms with E-state index < -0.39 is 10.0 Å². The Morgan fingerprint density at radius 2 is 2.04 bits per heavy atom. The molecular weight excluding hydrogens is 332 g/mol. The Bertz CT molecular complexity index is 769. The van der Waals surface area contributed by atoms with Gasteiger partial charge >= 0.3 is 0 Å². The number of hydrogen-bond acceptors (Lipinski definition) is 4. The van der Waals surface area contributed by atoms with Crippen molar-refractivity contribution in [2.24, 2.45) is 0 Å². The summed E-state index contributed by atoms with van der Waals surface area (Å²) in [6.07, 6.45) is 1.13. The smallest absolute Gasteiger partial charge is 0.232 e. The maximum absolute atomic E-state index is 12.0. The zero-order chi connectivity index (χ0) is 16.9. The molecular formula is C16H20N2O3S2. The topological polar surface area (TPSA) is 75.3 Å². The molecule has 7 heteroatoms. The molecule has 0 atom stereocenters. The Labute approximate surface area is 140 Å². The minimum atomic E-state index is -3.30. The summed E-state index contributed by atoms with van der Waals surface area (Å²) in [4.78, 5) is 12.0. The van der Waals surface area contributed by atoms with E-state index in [0.29, 0.717) is 24.2 Å². The fourth-order valence-corrected chi connectivity index (χ4v) is 3.42. The van der Waals surface area contributed by atoms with E-state index in [0.717, 1.165) is 11.1 Å². The molecule has 0 spiro atoms. The zero-order valence-corrected chi connectivity index (χ0v) is 14.8. The largest absolute Gasteiger partial charge is 0.326 e. The van der Waals surface area contributed by atoms with E-state index in [9.17, 15) is 13.2 Å². The summed E-state index contributed by atoms with van der Waals surface area (Å²) in [5, 5.41) is 6.86. The number of benzene rings is 1. The van der Waals surface area contributed by atoms with Gasteiger partial charge in [-0.15, -0.1) is 0 Å². The Morgan fingerprint density at radius 3 is 2.65 bits per heavy atom. The van der Waals surface area contributed by atoms with Crippen LogP contribution < -0.4 is 10.0 Å². The molecule has 0 saturated carbocycles. The van der Waals surface area contributed by atoms with Crippen LogP contribution in [0.15, 0.2) is 35.0 Å². The second kappa shape index (κ2) is 7.61. The molecule has 0 unspecified atom stereocenters. The van der Waals surface area contributed by atoms with Crippen molar-refractivity contribution in [3.63, 3.8) is 0 Å². The quantitative estimate of drug-likeness (QED) is 0.802. The normalized spacial score (nSPS) is 11.2. The van der Waals surface area contributed by atoms with E-state index in [1.807, 2.05) is 16.8 Å². The monoisotopic (exact) mass is 352 g/mol. The molecule has 124 valence electrons. The van der Waals surface area contributed by atoms with E-state index in [1.165, 1.54) is 0 Å². The van der Waals surface area contributed by atoms with Gasteiger partial charge < -0.3 is 5.32 Å². The highest BCUT2D eigenvalue weighted by molar-refractivity contribution is 7.92. The highest BCUT2D eigenvalue weighted by Gasteiger charge is 2.10. The number of carbonyl (C=O) groups excluding carboxylic acids is 1. The number of amides is 1. The Morgan fingerprint density at radius 1 is 1.26 bits per heavy atom. The van der Waals surface area contributed by atoms with Gasteiger partial charge in [-0.2, -0.15) is 11.3 Å². The first kappa shape index (κ1) is 17.5. The number of thiophene rings is 1. The molecule has 2 N–H and O–H groups in total. The maximum Gasteiger partial charge on any atom is 0.232 e. The van der Waals surface area contributed by atoms with Gasteiger partial charge in [-0.05, 0) is 66.4 Å². The maximum atomic E-state index is 12.0. The summed E-state index contributed by atoms with van der Waals surface area (Å²) in [5.41, 5.74) is 3.11.